The SMILES string of the molecule is C=C(C)[C@@H]1[C@H](c2cc(CCNC)ccc2OC)C=C(C)C[C@H]1c1cc(CCNC)ccc1OC. The molecule has 4 heteroatoms. The molecule has 184 valence electrons. The van der Waals surface area contributed by atoms with E-state index in [0.29, 0.717) is 5.92 Å². The Morgan fingerprint density at radius 2 is 1.44 bits per heavy atom. The van der Waals surface area contributed by atoms with E-state index >= 15 is 0 Å². The summed E-state index contributed by atoms with van der Waals surface area (Å²) < 4.78 is 11.7. The van der Waals surface area contributed by atoms with Crippen molar-refractivity contribution < 1.29 is 9.47 Å². The van der Waals surface area contributed by atoms with E-state index < -0.39 is 0 Å². The first-order chi connectivity index (χ1) is 16.4. The first-order valence-electron chi connectivity index (χ1n) is 12.4. The molecule has 2 aromatic rings. The van der Waals surface area contributed by atoms with Gasteiger partial charge in [0.2, 0.25) is 0 Å². The van der Waals surface area contributed by atoms with Crippen LogP contribution in [0.5, 0.6) is 11.5 Å². The summed E-state index contributed by atoms with van der Waals surface area (Å²) in [5, 5.41) is 6.53. The molecule has 0 heterocycles. The number of hydrogen-bond acceptors (Lipinski definition) is 4. The zero-order valence-electron chi connectivity index (χ0n) is 21.8. The number of ether oxygens (including phenoxy) is 2. The lowest BCUT2D eigenvalue weighted by molar-refractivity contribution is 0.365. The summed E-state index contributed by atoms with van der Waals surface area (Å²) in [5.74, 6) is 2.66. The van der Waals surface area contributed by atoms with Crippen molar-refractivity contribution >= 4 is 0 Å². The molecule has 0 saturated carbocycles. The highest BCUT2D eigenvalue weighted by atomic mass is 16.5. The fraction of sp³-hybridized carbons (Fsp3) is 0.467. The molecule has 2 N–H and O–H groups in total. The molecule has 0 radical (unpaired) electrons. The number of hydrogen-bond donors (Lipinski definition) is 2. The molecule has 3 rings (SSSR count). The summed E-state index contributed by atoms with van der Waals surface area (Å²) >= 11 is 0. The van der Waals surface area contributed by atoms with Gasteiger partial charge in [0, 0.05) is 11.5 Å². The van der Waals surface area contributed by atoms with Crippen LogP contribution in [-0.4, -0.2) is 41.4 Å². The van der Waals surface area contributed by atoms with Crippen molar-refractivity contribution in [2.75, 3.05) is 41.4 Å². The van der Waals surface area contributed by atoms with Crippen LogP contribution in [0, 0.1) is 5.92 Å². The minimum atomic E-state index is 0.200. The highest BCUT2D eigenvalue weighted by Gasteiger charge is 2.37. The largest absolute Gasteiger partial charge is 0.496 e. The van der Waals surface area contributed by atoms with Crippen LogP contribution < -0.4 is 20.1 Å². The van der Waals surface area contributed by atoms with Crippen LogP contribution in [0.25, 0.3) is 0 Å². The Kier molecular flexibility index (Phi) is 9.37. The zero-order chi connectivity index (χ0) is 24.7. The minimum Gasteiger partial charge on any atom is -0.496 e. The third-order valence-electron chi connectivity index (χ3n) is 7.07. The van der Waals surface area contributed by atoms with E-state index in [1.165, 1.54) is 33.4 Å². The average Bonchev–Trinajstić information content (AvgIpc) is 2.85. The number of methoxy groups -OCH3 is 2. The first-order valence-corrected chi connectivity index (χ1v) is 12.4. The van der Waals surface area contributed by atoms with Crippen LogP contribution >= 0.6 is 0 Å². The van der Waals surface area contributed by atoms with Crippen LogP contribution in [0.15, 0.2) is 60.2 Å². The molecule has 0 bridgehead atoms. The van der Waals surface area contributed by atoms with Crippen LogP contribution in [0.1, 0.15) is 54.4 Å². The first kappa shape index (κ1) is 26.1. The molecule has 0 saturated heterocycles. The van der Waals surface area contributed by atoms with Gasteiger partial charge in [-0.1, -0.05) is 48.1 Å². The summed E-state index contributed by atoms with van der Waals surface area (Å²) in [7, 11) is 7.54. The van der Waals surface area contributed by atoms with Crippen LogP contribution in [0.2, 0.25) is 0 Å². The third kappa shape index (κ3) is 5.92. The van der Waals surface area contributed by atoms with Gasteiger partial charge in [-0.25, -0.2) is 0 Å². The Bertz CT molecular complexity index is 1010. The molecular formula is C30H42N2O2. The maximum atomic E-state index is 5.87. The molecule has 0 spiro atoms. The second-order valence-corrected chi connectivity index (χ2v) is 9.58. The molecule has 34 heavy (non-hydrogen) atoms. The quantitative estimate of drug-likeness (QED) is 0.424. The molecule has 0 unspecified atom stereocenters. The normalized spacial score (nSPS) is 20.1. The van der Waals surface area contributed by atoms with Gasteiger partial charge in [0.25, 0.3) is 0 Å². The predicted octanol–water partition coefficient (Wildman–Crippen LogP) is 5.64. The van der Waals surface area contributed by atoms with Crippen molar-refractivity contribution in [2.45, 2.75) is 44.9 Å². The second kappa shape index (κ2) is 12.2. The lowest BCUT2D eigenvalue weighted by atomic mass is 9.65. The number of benzene rings is 2. The number of allylic oxidation sites excluding steroid dienone is 3. The Hall–Kier alpha value is -2.56. The number of likely N-dealkylation sites (N-methyl/N-ethyl adjacent to an activating group) is 2. The summed E-state index contributed by atoms with van der Waals surface area (Å²) in [4.78, 5) is 0. The van der Waals surface area contributed by atoms with Crippen molar-refractivity contribution in [1.29, 1.82) is 0 Å². The summed E-state index contributed by atoms with van der Waals surface area (Å²) in [6.45, 7) is 10.8. The van der Waals surface area contributed by atoms with Gasteiger partial charge < -0.3 is 20.1 Å². The Labute approximate surface area is 206 Å². The summed E-state index contributed by atoms with van der Waals surface area (Å²) in [6, 6.07) is 13.3. The van der Waals surface area contributed by atoms with Gasteiger partial charge in [-0.15, -0.1) is 0 Å². The molecule has 0 fully saturated rings. The third-order valence-corrected chi connectivity index (χ3v) is 7.07. The Morgan fingerprint density at radius 1 is 0.912 bits per heavy atom. The van der Waals surface area contributed by atoms with E-state index in [1.54, 1.807) is 14.2 Å². The van der Waals surface area contributed by atoms with Crippen LogP contribution in [-0.2, 0) is 12.8 Å². The van der Waals surface area contributed by atoms with E-state index in [1.807, 2.05) is 14.1 Å². The van der Waals surface area contributed by atoms with E-state index in [-0.39, 0.29) is 11.8 Å². The maximum Gasteiger partial charge on any atom is 0.122 e. The molecule has 0 aromatic heterocycles. The Balaban J connectivity index is 2.11. The molecule has 3 atom stereocenters. The van der Waals surface area contributed by atoms with Crippen LogP contribution in [0.4, 0.5) is 0 Å². The lowest BCUT2D eigenvalue weighted by Crippen LogP contribution is -2.26. The van der Waals surface area contributed by atoms with Gasteiger partial charge >= 0.3 is 0 Å². The Morgan fingerprint density at radius 3 is 1.94 bits per heavy atom. The van der Waals surface area contributed by atoms with E-state index in [4.69, 9.17) is 9.47 Å². The van der Waals surface area contributed by atoms with Crippen molar-refractivity contribution in [3.63, 3.8) is 0 Å². The standard InChI is InChI=1S/C30H42N2O2/c1-20(2)30-26(24-18-22(12-14-31-4)8-10-28(24)33-6)16-21(3)17-27(30)25-19-23(13-15-32-5)9-11-29(25)34-7/h8-11,16,18-19,26-27,30-32H,1,12-15,17H2,2-7H3/t26-,27-,30+/m0/s1. The summed E-state index contributed by atoms with van der Waals surface area (Å²) in [5.41, 5.74) is 7.79. The maximum absolute atomic E-state index is 5.87. The smallest absolute Gasteiger partial charge is 0.122 e. The number of rotatable bonds is 11. The monoisotopic (exact) mass is 462 g/mol. The van der Waals surface area contributed by atoms with Crippen molar-refractivity contribution in [3.8, 4) is 11.5 Å². The van der Waals surface area contributed by atoms with Gasteiger partial charge in [-0.3, -0.25) is 0 Å². The fourth-order valence-electron chi connectivity index (χ4n) is 5.41. The van der Waals surface area contributed by atoms with Crippen LogP contribution in [0.3, 0.4) is 0 Å². The predicted molar refractivity (Wildman–Crippen MR) is 143 cm³/mol. The van der Waals surface area contributed by atoms with E-state index in [2.05, 4.69) is 73.5 Å². The number of nitrogens with one attached hydrogen (secondary N) is 2. The molecule has 0 amide bonds. The van der Waals surface area contributed by atoms with Gasteiger partial charge in [-0.2, -0.15) is 0 Å². The molecule has 1 aliphatic carbocycles. The molecule has 1 aliphatic rings. The minimum absolute atomic E-state index is 0.200. The van der Waals surface area contributed by atoms with Gasteiger partial charge in [0.05, 0.1) is 14.2 Å². The molecule has 2 aromatic carbocycles. The molecule has 0 aliphatic heterocycles. The highest BCUT2D eigenvalue weighted by Crippen LogP contribution is 2.51. The lowest BCUT2D eigenvalue weighted by Gasteiger charge is -2.39. The molecule has 4 nitrogen and oxygen atoms in total. The van der Waals surface area contributed by atoms with Crippen molar-refractivity contribution in [2.24, 2.45) is 5.92 Å². The summed E-state index contributed by atoms with van der Waals surface area (Å²) in [6.07, 6.45) is 5.43. The fourth-order valence-corrected chi connectivity index (χ4v) is 5.41. The van der Waals surface area contributed by atoms with E-state index in [0.717, 1.165) is 43.9 Å². The zero-order valence-corrected chi connectivity index (χ0v) is 21.8. The average molecular weight is 463 g/mol. The van der Waals surface area contributed by atoms with Gasteiger partial charge in [0.15, 0.2) is 0 Å². The molecular weight excluding hydrogens is 420 g/mol. The van der Waals surface area contributed by atoms with Gasteiger partial charge in [0.1, 0.15) is 11.5 Å². The van der Waals surface area contributed by atoms with E-state index in [9.17, 15) is 0 Å². The highest BCUT2D eigenvalue weighted by molar-refractivity contribution is 5.48. The van der Waals surface area contributed by atoms with Crippen molar-refractivity contribution in [1.82, 2.24) is 10.6 Å². The van der Waals surface area contributed by atoms with Crippen molar-refractivity contribution in [3.05, 3.63) is 82.5 Å². The topological polar surface area (TPSA) is 42.5 Å². The van der Waals surface area contributed by atoms with Gasteiger partial charge in [-0.05, 0) is 101 Å². The second-order valence-electron chi connectivity index (χ2n) is 9.58.